The molecule has 45 heavy (non-hydrogen) atoms. The number of Topliss-reactive ketones (excluding diaryl/α,β-unsaturated/α-hetero) is 1. The number of hydrogen-bond acceptors (Lipinski definition) is 13. The highest BCUT2D eigenvalue weighted by Crippen LogP contribution is 2.71. The summed E-state index contributed by atoms with van der Waals surface area (Å²) in [5.74, 6) is -2.82. The molecule has 250 valence electrons. The Morgan fingerprint density at radius 1 is 1.18 bits per heavy atom. The molecule has 4 N–H and O–H groups in total. The summed E-state index contributed by atoms with van der Waals surface area (Å²) in [7, 11) is 0. The number of hydrogen-bond donors (Lipinski definition) is 3. The van der Waals surface area contributed by atoms with Crippen molar-refractivity contribution in [3.8, 4) is 0 Å². The van der Waals surface area contributed by atoms with Crippen molar-refractivity contribution in [2.75, 3.05) is 26.4 Å². The summed E-state index contributed by atoms with van der Waals surface area (Å²) in [5.41, 5.74) is 2.72. The van der Waals surface area contributed by atoms with E-state index in [2.05, 4.69) is 4.84 Å². The molecule has 0 aromatic heterocycles. The molecule has 3 saturated carbocycles. The zero-order chi connectivity index (χ0) is 33.4. The number of allylic oxidation sites excluding steroid dienone is 4. The maximum Gasteiger partial charge on any atom is 0.508 e. The zero-order valence-corrected chi connectivity index (χ0v) is 26.3. The van der Waals surface area contributed by atoms with Crippen molar-refractivity contribution in [2.24, 2.45) is 34.3 Å². The molecule has 4 rings (SSSR count). The number of aliphatic hydroxyl groups is 2. The van der Waals surface area contributed by atoms with Crippen molar-refractivity contribution in [1.82, 2.24) is 0 Å². The lowest BCUT2D eigenvalue weighted by Crippen LogP contribution is -2.69. The van der Waals surface area contributed by atoms with Gasteiger partial charge in [0.05, 0.1) is 24.2 Å². The summed E-state index contributed by atoms with van der Waals surface area (Å²) in [5, 5.41) is 32.9. The molecule has 0 radical (unpaired) electrons. The van der Waals surface area contributed by atoms with E-state index in [1.54, 1.807) is 26.0 Å². The van der Waals surface area contributed by atoms with Gasteiger partial charge >= 0.3 is 12.1 Å². The maximum atomic E-state index is 13.6. The first-order chi connectivity index (χ1) is 21.0. The molecule has 0 saturated heterocycles. The molecule has 0 aromatic rings. The first-order valence-corrected chi connectivity index (χ1v) is 15.5. The predicted octanol–water partition coefficient (Wildman–Crippen LogP) is 2.18. The van der Waals surface area contributed by atoms with E-state index in [0.29, 0.717) is 19.3 Å². The number of nitrogens with zero attached hydrogens (tertiary/aromatic N) is 1. The minimum absolute atomic E-state index is 0.0130. The lowest BCUT2D eigenvalue weighted by Gasteiger charge is -2.63. The zero-order valence-electron chi connectivity index (χ0n) is 25.6. The fourth-order valence-electron chi connectivity index (χ4n) is 8.27. The van der Waals surface area contributed by atoms with Crippen LogP contribution >= 0.6 is 11.6 Å². The second-order valence-electron chi connectivity index (χ2n) is 13.0. The number of nitrogens with two attached hydrogens (primary N) is 1. The normalized spacial score (nSPS) is 37.3. The van der Waals surface area contributed by atoms with Crippen LogP contribution in [-0.2, 0) is 33.4 Å². The number of alkyl halides is 1. The van der Waals surface area contributed by atoms with Crippen molar-refractivity contribution >= 4 is 35.3 Å². The minimum atomic E-state index is -1.95. The van der Waals surface area contributed by atoms with Gasteiger partial charge in [0, 0.05) is 10.8 Å². The monoisotopic (exact) mass is 656 g/mol. The van der Waals surface area contributed by atoms with Gasteiger partial charge in [0.1, 0.15) is 18.2 Å². The number of ketones is 2. The average Bonchev–Trinajstić information content (AvgIpc) is 3.18. The molecule has 0 aromatic carbocycles. The molecular formula is C30H41ClN2O12. The third kappa shape index (κ3) is 5.97. The number of carbonyl (C=O) groups is 4. The quantitative estimate of drug-likeness (QED) is 0.0904. The van der Waals surface area contributed by atoms with Gasteiger partial charge in [-0.3, -0.25) is 14.4 Å². The third-order valence-corrected chi connectivity index (χ3v) is 11.6. The van der Waals surface area contributed by atoms with E-state index < -0.39 is 75.6 Å². The van der Waals surface area contributed by atoms with Crippen LogP contribution in [0.1, 0.15) is 59.3 Å². The maximum absolute atomic E-state index is 13.6. The molecule has 0 amide bonds. The lowest BCUT2D eigenvalue weighted by molar-refractivity contribution is -0.757. The van der Waals surface area contributed by atoms with Gasteiger partial charge in [0.15, 0.2) is 12.4 Å². The lowest BCUT2D eigenvalue weighted by atomic mass is 9.45. The van der Waals surface area contributed by atoms with E-state index >= 15 is 0 Å². The Balaban J connectivity index is 1.34. The van der Waals surface area contributed by atoms with Crippen LogP contribution in [0.2, 0.25) is 0 Å². The van der Waals surface area contributed by atoms with E-state index in [1.807, 2.05) is 6.92 Å². The summed E-state index contributed by atoms with van der Waals surface area (Å²) in [6.07, 6.45) is 4.62. The number of esters is 1. The SMILES string of the molecule is C[C@H]1C[C@H]2[C@@H]3CCC4=CC(=O)C=C[C@]4(C)[C@@]3(Cl)[C@@H](O)C[C@]2(C)C1(O)C(=O)COC(=O)OCC(N)C(=O)OCCCCO[N+](=O)[O-]. The topological polar surface area (TPSA) is 215 Å². The Morgan fingerprint density at radius 3 is 2.56 bits per heavy atom. The van der Waals surface area contributed by atoms with Crippen molar-refractivity contribution in [3.63, 3.8) is 0 Å². The third-order valence-electron chi connectivity index (χ3n) is 10.6. The summed E-state index contributed by atoms with van der Waals surface area (Å²) >= 11 is 7.41. The Bertz CT molecular complexity index is 1290. The fraction of sp³-hybridized carbons (Fsp3) is 0.733. The fourth-order valence-corrected chi connectivity index (χ4v) is 8.79. The Morgan fingerprint density at radius 2 is 1.87 bits per heavy atom. The van der Waals surface area contributed by atoms with Gasteiger partial charge in [-0.2, -0.15) is 0 Å². The van der Waals surface area contributed by atoms with Gasteiger partial charge < -0.3 is 35.0 Å². The van der Waals surface area contributed by atoms with Crippen molar-refractivity contribution < 1.29 is 53.5 Å². The molecule has 15 heteroatoms. The van der Waals surface area contributed by atoms with E-state index in [1.165, 1.54) is 6.08 Å². The van der Waals surface area contributed by atoms with Crippen LogP contribution in [0.25, 0.3) is 0 Å². The molecule has 2 unspecified atom stereocenters. The van der Waals surface area contributed by atoms with Gasteiger partial charge in [-0.1, -0.05) is 32.4 Å². The van der Waals surface area contributed by atoms with Crippen molar-refractivity contribution in [2.45, 2.75) is 81.9 Å². The number of halogens is 1. The van der Waals surface area contributed by atoms with Crippen LogP contribution in [0.3, 0.4) is 0 Å². The van der Waals surface area contributed by atoms with E-state index in [0.717, 1.165) is 5.57 Å². The van der Waals surface area contributed by atoms with Gasteiger partial charge in [-0.05, 0) is 68.4 Å². The smallest absolute Gasteiger partial charge is 0.464 e. The molecule has 4 aliphatic carbocycles. The highest BCUT2D eigenvalue weighted by atomic mass is 35.5. The van der Waals surface area contributed by atoms with Crippen LogP contribution in [0.4, 0.5) is 4.79 Å². The number of unbranched alkanes of at least 4 members (excludes halogenated alkanes) is 1. The largest absolute Gasteiger partial charge is 0.508 e. The van der Waals surface area contributed by atoms with Crippen LogP contribution in [0.5, 0.6) is 0 Å². The molecule has 0 aliphatic heterocycles. The summed E-state index contributed by atoms with van der Waals surface area (Å²) in [6.45, 7) is 3.81. The molecule has 3 fully saturated rings. The minimum Gasteiger partial charge on any atom is -0.464 e. The summed E-state index contributed by atoms with van der Waals surface area (Å²) < 4.78 is 14.8. The van der Waals surface area contributed by atoms with Crippen molar-refractivity contribution in [1.29, 1.82) is 0 Å². The van der Waals surface area contributed by atoms with E-state index in [4.69, 9.17) is 31.5 Å². The van der Waals surface area contributed by atoms with E-state index in [-0.39, 0.29) is 50.1 Å². The first-order valence-electron chi connectivity index (χ1n) is 15.1. The highest BCUT2D eigenvalue weighted by molar-refractivity contribution is 6.26. The van der Waals surface area contributed by atoms with Gasteiger partial charge in [0.25, 0.3) is 5.09 Å². The standard InChI is InChI=1S/C30H41ClN2O12/c1-17-12-21-20-7-6-18-13-19(34)8-9-27(18,2)29(20,31)23(35)14-28(21,3)30(17,39)24(36)16-44-26(38)43-15-22(32)25(37)42-10-4-5-11-45-33(40)41/h8-9,13,17,20-23,35,39H,4-7,10-12,14-16,32H2,1-3H3/t17-,20-,21-,22?,23-,27-,28-,29-,30?/m0/s1. The molecule has 0 heterocycles. The van der Waals surface area contributed by atoms with Crippen LogP contribution in [0, 0.1) is 38.7 Å². The molecule has 9 atom stereocenters. The summed E-state index contributed by atoms with van der Waals surface area (Å²) in [4.78, 5) is 63.0. The van der Waals surface area contributed by atoms with Crippen LogP contribution in [0.15, 0.2) is 23.8 Å². The Hall–Kier alpha value is -3.07. The number of fused-ring (bicyclic) bond motifs is 5. The van der Waals surface area contributed by atoms with Crippen LogP contribution < -0.4 is 5.73 Å². The Labute approximate surface area is 265 Å². The number of rotatable bonds is 12. The number of carbonyl (C=O) groups excluding carboxylic acids is 4. The molecule has 0 bridgehead atoms. The molecular weight excluding hydrogens is 616 g/mol. The first kappa shape index (κ1) is 34.8. The van der Waals surface area contributed by atoms with E-state index in [9.17, 15) is 39.5 Å². The number of ether oxygens (including phenoxy) is 3. The molecule has 14 nitrogen and oxygen atoms in total. The molecule has 4 aliphatic rings. The van der Waals surface area contributed by atoms with Crippen LogP contribution in [-0.4, -0.2) is 88.0 Å². The second-order valence-corrected chi connectivity index (χ2v) is 13.6. The predicted molar refractivity (Wildman–Crippen MR) is 156 cm³/mol. The second kappa shape index (κ2) is 13.0. The number of aliphatic hydroxyl groups excluding tert-OH is 1. The Kier molecular flexibility index (Phi) is 10.0. The van der Waals surface area contributed by atoms with Gasteiger partial charge in [-0.15, -0.1) is 21.7 Å². The van der Waals surface area contributed by atoms with Gasteiger partial charge in [0.2, 0.25) is 5.78 Å². The van der Waals surface area contributed by atoms with Gasteiger partial charge in [-0.25, -0.2) is 4.79 Å². The highest BCUT2D eigenvalue weighted by Gasteiger charge is 2.74. The molecule has 0 spiro atoms. The summed E-state index contributed by atoms with van der Waals surface area (Å²) in [6, 6.07) is -1.34. The average molecular weight is 657 g/mol. The van der Waals surface area contributed by atoms with Crippen molar-refractivity contribution in [3.05, 3.63) is 33.9 Å².